The lowest BCUT2D eigenvalue weighted by Crippen LogP contribution is -2.26. The number of carbonyl (C=O) groups is 1. The number of nitrogens with two attached hydrogens (primary N) is 1. The average Bonchev–Trinajstić information content (AvgIpc) is 2.70. The highest BCUT2D eigenvalue weighted by Crippen LogP contribution is 2.10. The highest BCUT2D eigenvalue weighted by atomic mass is 32.2. The summed E-state index contributed by atoms with van der Waals surface area (Å²) >= 11 is 1.83. The third-order valence-corrected chi connectivity index (χ3v) is 3.25. The lowest BCUT2D eigenvalue weighted by atomic mass is 10.3. The van der Waals surface area contributed by atoms with E-state index in [0.29, 0.717) is 11.4 Å². The number of nitrogens with zero attached hydrogens (tertiary/aromatic N) is 1. The van der Waals surface area contributed by atoms with Gasteiger partial charge in [-0.2, -0.15) is 11.8 Å². The van der Waals surface area contributed by atoms with Crippen molar-refractivity contribution in [3.63, 3.8) is 0 Å². The average molecular weight is 255 g/mol. The van der Waals surface area contributed by atoms with E-state index < -0.39 is 0 Å². The molecule has 0 atom stereocenters. The molecule has 0 saturated carbocycles. The summed E-state index contributed by atoms with van der Waals surface area (Å²) in [5.74, 6) is 1.11. The fourth-order valence-electron chi connectivity index (χ4n) is 1.65. The Labute approximate surface area is 107 Å². The van der Waals surface area contributed by atoms with Crippen LogP contribution in [0.3, 0.4) is 0 Å². The minimum atomic E-state index is -0.0345. The van der Waals surface area contributed by atoms with Gasteiger partial charge in [0.2, 0.25) is 0 Å². The van der Waals surface area contributed by atoms with Crippen LogP contribution in [0.1, 0.15) is 30.3 Å². The van der Waals surface area contributed by atoms with Gasteiger partial charge in [0.25, 0.3) is 5.91 Å². The van der Waals surface area contributed by atoms with Crippen LogP contribution in [0, 0.1) is 0 Å². The van der Waals surface area contributed by atoms with Crippen molar-refractivity contribution < 1.29 is 4.79 Å². The summed E-state index contributed by atoms with van der Waals surface area (Å²) in [7, 11) is 0. The zero-order valence-corrected chi connectivity index (χ0v) is 11.3. The molecule has 0 fully saturated rings. The topological polar surface area (TPSA) is 60.0 Å². The second-order valence-electron chi connectivity index (χ2n) is 3.90. The van der Waals surface area contributed by atoms with Gasteiger partial charge in [0.1, 0.15) is 5.69 Å². The normalized spacial score (nSPS) is 10.5. The van der Waals surface area contributed by atoms with E-state index >= 15 is 0 Å². The summed E-state index contributed by atoms with van der Waals surface area (Å²) in [4.78, 5) is 11.9. The first-order valence-electron chi connectivity index (χ1n) is 5.91. The molecule has 1 rings (SSSR count). The van der Waals surface area contributed by atoms with Crippen LogP contribution in [0.4, 0.5) is 5.69 Å². The van der Waals surface area contributed by atoms with Crippen LogP contribution >= 0.6 is 11.8 Å². The van der Waals surface area contributed by atoms with Crippen molar-refractivity contribution in [2.75, 3.05) is 24.3 Å². The molecular weight excluding hydrogens is 234 g/mol. The van der Waals surface area contributed by atoms with Gasteiger partial charge in [-0.1, -0.05) is 0 Å². The van der Waals surface area contributed by atoms with E-state index in [1.165, 1.54) is 0 Å². The first-order valence-corrected chi connectivity index (χ1v) is 7.31. The molecule has 5 heteroatoms. The van der Waals surface area contributed by atoms with Gasteiger partial charge in [0, 0.05) is 19.3 Å². The molecule has 3 N–H and O–H groups in total. The Morgan fingerprint density at radius 3 is 2.94 bits per heavy atom. The Kier molecular flexibility index (Phi) is 5.97. The molecule has 0 saturated heterocycles. The minimum absolute atomic E-state index is 0.0345. The summed E-state index contributed by atoms with van der Waals surface area (Å²) in [6.07, 6.45) is 6.05. The van der Waals surface area contributed by atoms with Gasteiger partial charge in [0.05, 0.1) is 5.69 Å². The minimum Gasteiger partial charge on any atom is -0.397 e. The molecule has 0 aliphatic heterocycles. The molecule has 17 heavy (non-hydrogen) atoms. The van der Waals surface area contributed by atoms with Crippen molar-refractivity contribution >= 4 is 23.4 Å². The van der Waals surface area contributed by atoms with E-state index in [1.54, 1.807) is 12.3 Å². The van der Waals surface area contributed by atoms with Crippen LogP contribution in [0.2, 0.25) is 0 Å². The highest BCUT2D eigenvalue weighted by Gasteiger charge is 2.10. The van der Waals surface area contributed by atoms with E-state index in [9.17, 15) is 4.79 Å². The van der Waals surface area contributed by atoms with Gasteiger partial charge in [-0.3, -0.25) is 4.79 Å². The van der Waals surface area contributed by atoms with Crippen LogP contribution in [0.15, 0.2) is 12.3 Å². The van der Waals surface area contributed by atoms with Gasteiger partial charge >= 0.3 is 0 Å². The van der Waals surface area contributed by atoms with Crippen LogP contribution in [0.5, 0.6) is 0 Å². The lowest BCUT2D eigenvalue weighted by molar-refractivity contribution is 0.0944. The van der Waals surface area contributed by atoms with Gasteiger partial charge in [-0.15, -0.1) is 0 Å². The molecule has 4 nitrogen and oxygen atoms in total. The third-order valence-electron chi connectivity index (χ3n) is 2.55. The van der Waals surface area contributed by atoms with E-state index in [1.807, 2.05) is 23.3 Å². The lowest BCUT2D eigenvalue weighted by Gasteiger charge is -2.07. The summed E-state index contributed by atoms with van der Waals surface area (Å²) in [6.45, 7) is 3.48. The van der Waals surface area contributed by atoms with Crippen LogP contribution in [-0.4, -0.2) is 29.0 Å². The molecule has 1 aromatic rings. The van der Waals surface area contributed by atoms with Crippen molar-refractivity contribution in [3.05, 3.63) is 18.0 Å². The van der Waals surface area contributed by atoms with Crippen molar-refractivity contribution in [2.24, 2.45) is 0 Å². The molecule has 0 aliphatic rings. The maximum Gasteiger partial charge on any atom is 0.267 e. The Balaban J connectivity index is 2.41. The number of unbranched alkanes of at least 4 members (excludes halogenated alkanes) is 1. The molecule has 1 amide bonds. The molecule has 1 aromatic heterocycles. The van der Waals surface area contributed by atoms with Crippen LogP contribution in [-0.2, 0) is 6.54 Å². The zero-order valence-electron chi connectivity index (χ0n) is 10.5. The monoisotopic (exact) mass is 255 g/mol. The first kappa shape index (κ1) is 14.0. The van der Waals surface area contributed by atoms with Gasteiger partial charge in [-0.05, 0) is 37.8 Å². The number of carbonyl (C=O) groups excluding carboxylic acids is 1. The summed E-state index contributed by atoms with van der Waals surface area (Å²) in [5, 5.41) is 2.92. The van der Waals surface area contributed by atoms with E-state index in [2.05, 4.69) is 11.6 Å². The molecule has 0 bridgehead atoms. The summed E-state index contributed by atoms with van der Waals surface area (Å²) < 4.78 is 1.87. The van der Waals surface area contributed by atoms with Crippen molar-refractivity contribution in [2.45, 2.75) is 26.3 Å². The number of nitrogen functional groups attached to an aromatic ring is 1. The summed E-state index contributed by atoms with van der Waals surface area (Å²) in [5.41, 5.74) is 6.97. The molecular formula is C12H21N3OS. The molecule has 0 unspecified atom stereocenters. The van der Waals surface area contributed by atoms with Gasteiger partial charge in [-0.25, -0.2) is 0 Å². The number of anilines is 1. The second-order valence-corrected chi connectivity index (χ2v) is 4.89. The quantitative estimate of drug-likeness (QED) is 0.732. The second kappa shape index (κ2) is 7.27. The van der Waals surface area contributed by atoms with Gasteiger partial charge in [0.15, 0.2) is 0 Å². The van der Waals surface area contributed by atoms with Crippen molar-refractivity contribution in [1.82, 2.24) is 9.88 Å². The predicted molar refractivity (Wildman–Crippen MR) is 74.5 cm³/mol. The largest absolute Gasteiger partial charge is 0.397 e. The van der Waals surface area contributed by atoms with Crippen molar-refractivity contribution in [1.29, 1.82) is 0 Å². The Hall–Kier alpha value is -1.10. The molecule has 0 spiro atoms. The number of nitrogens with one attached hydrogen (secondary N) is 1. The first-order chi connectivity index (χ1) is 8.19. The maximum absolute atomic E-state index is 11.9. The standard InChI is InChI=1S/C12H21N3OS/c1-3-15-9-10(13)8-11(15)12(16)14-6-4-5-7-17-2/h8-9H,3-7,13H2,1-2H3,(H,14,16). The fraction of sp³-hybridized carbons (Fsp3) is 0.583. The Morgan fingerprint density at radius 1 is 1.53 bits per heavy atom. The molecule has 96 valence electrons. The predicted octanol–water partition coefficient (Wildman–Crippen LogP) is 1.96. The number of thioether (sulfide) groups is 1. The van der Waals surface area contributed by atoms with E-state index in [-0.39, 0.29) is 5.91 Å². The van der Waals surface area contributed by atoms with Gasteiger partial charge < -0.3 is 15.6 Å². The van der Waals surface area contributed by atoms with Crippen LogP contribution in [0.25, 0.3) is 0 Å². The maximum atomic E-state index is 11.9. The van der Waals surface area contributed by atoms with E-state index in [0.717, 1.165) is 31.7 Å². The smallest absolute Gasteiger partial charge is 0.267 e. The Bertz CT molecular complexity index is 363. The highest BCUT2D eigenvalue weighted by molar-refractivity contribution is 7.98. The fourth-order valence-corrected chi connectivity index (χ4v) is 2.14. The molecule has 0 radical (unpaired) electrons. The summed E-state index contributed by atoms with van der Waals surface area (Å²) in [6, 6.07) is 1.72. The Morgan fingerprint density at radius 2 is 2.29 bits per heavy atom. The zero-order chi connectivity index (χ0) is 12.7. The molecule has 0 aromatic carbocycles. The number of amides is 1. The number of rotatable bonds is 7. The third kappa shape index (κ3) is 4.34. The molecule has 0 aliphatic carbocycles. The number of hydrogen-bond donors (Lipinski definition) is 2. The SMILES string of the molecule is CCn1cc(N)cc1C(=O)NCCCCSC. The van der Waals surface area contributed by atoms with E-state index in [4.69, 9.17) is 5.73 Å². The number of aryl methyl sites for hydroxylation is 1. The van der Waals surface area contributed by atoms with Crippen LogP contribution < -0.4 is 11.1 Å². The molecule has 1 heterocycles. The number of aromatic nitrogens is 1. The number of hydrogen-bond acceptors (Lipinski definition) is 3. The van der Waals surface area contributed by atoms with Crippen molar-refractivity contribution in [3.8, 4) is 0 Å².